The molecule has 0 aliphatic rings. The Labute approximate surface area is 178 Å². The van der Waals surface area contributed by atoms with Crippen molar-refractivity contribution in [2.24, 2.45) is 0 Å². The first-order valence-electron chi connectivity index (χ1n) is 11.0. The Morgan fingerprint density at radius 1 is 1.03 bits per heavy atom. The number of aryl methyl sites for hydroxylation is 1. The van der Waals surface area contributed by atoms with E-state index >= 15 is 0 Å². The van der Waals surface area contributed by atoms with Gasteiger partial charge in [0.25, 0.3) is 0 Å². The molecule has 30 heavy (non-hydrogen) atoms. The van der Waals surface area contributed by atoms with Gasteiger partial charge < -0.3 is 19.9 Å². The second-order valence-corrected chi connectivity index (χ2v) is 7.87. The fraction of sp³-hybridized carbons (Fsp3) is 0.400. The molecule has 0 atom stereocenters. The minimum absolute atomic E-state index is 0.829. The van der Waals surface area contributed by atoms with E-state index in [1.54, 1.807) is 7.11 Å². The molecule has 0 saturated carbocycles. The molecule has 0 amide bonds. The van der Waals surface area contributed by atoms with Crippen LogP contribution in [-0.4, -0.2) is 48.2 Å². The number of H-pyrrole nitrogens is 1. The lowest BCUT2D eigenvalue weighted by atomic mass is 10.00. The third kappa shape index (κ3) is 3.87. The largest absolute Gasteiger partial charge is 0.497 e. The number of aromatic nitrogens is 2. The van der Waals surface area contributed by atoms with Crippen molar-refractivity contribution in [1.29, 1.82) is 0 Å². The van der Waals surface area contributed by atoms with Gasteiger partial charge in [-0.05, 0) is 80.8 Å². The Kier molecular flexibility index (Phi) is 6.21. The first-order chi connectivity index (χ1) is 14.7. The van der Waals surface area contributed by atoms with Gasteiger partial charge in [0, 0.05) is 34.6 Å². The zero-order valence-electron chi connectivity index (χ0n) is 18.5. The molecule has 0 aliphatic carbocycles. The number of rotatable bonds is 9. The lowest BCUT2D eigenvalue weighted by Crippen LogP contribution is -2.27. The van der Waals surface area contributed by atoms with Crippen LogP contribution in [0.3, 0.4) is 0 Å². The van der Waals surface area contributed by atoms with Gasteiger partial charge in [-0.25, -0.2) is 4.98 Å². The van der Waals surface area contributed by atoms with E-state index in [4.69, 9.17) is 9.72 Å². The number of hydrogen-bond donors (Lipinski definition) is 2. The van der Waals surface area contributed by atoms with Gasteiger partial charge in [0.15, 0.2) is 0 Å². The highest BCUT2D eigenvalue weighted by atomic mass is 16.5. The highest BCUT2D eigenvalue weighted by Gasteiger charge is 2.14. The molecule has 4 rings (SSSR count). The average molecular weight is 405 g/mol. The number of fused-ring (bicyclic) bond motifs is 4. The molecule has 0 radical (unpaired) electrons. The third-order valence-corrected chi connectivity index (χ3v) is 6.18. The van der Waals surface area contributed by atoms with E-state index in [1.807, 2.05) is 18.3 Å². The van der Waals surface area contributed by atoms with Gasteiger partial charge in [-0.1, -0.05) is 13.8 Å². The molecule has 0 fully saturated rings. The number of hydrogen-bond acceptors (Lipinski definition) is 4. The van der Waals surface area contributed by atoms with Crippen LogP contribution >= 0.6 is 0 Å². The van der Waals surface area contributed by atoms with Gasteiger partial charge in [-0.15, -0.1) is 0 Å². The van der Waals surface area contributed by atoms with Crippen molar-refractivity contribution in [3.63, 3.8) is 0 Å². The summed E-state index contributed by atoms with van der Waals surface area (Å²) in [5.74, 6) is 0.865. The second-order valence-electron chi connectivity index (χ2n) is 7.87. The molecule has 5 heteroatoms. The summed E-state index contributed by atoms with van der Waals surface area (Å²) in [7, 11) is 1.71. The molecule has 5 nitrogen and oxygen atoms in total. The van der Waals surface area contributed by atoms with Gasteiger partial charge in [0.2, 0.25) is 0 Å². The number of nitrogens with one attached hydrogen (secondary N) is 2. The van der Waals surface area contributed by atoms with Crippen molar-refractivity contribution in [2.75, 3.05) is 33.3 Å². The van der Waals surface area contributed by atoms with Crippen LogP contribution in [-0.2, 0) is 6.54 Å². The molecule has 0 bridgehead atoms. The lowest BCUT2D eigenvalue weighted by Gasteiger charge is -2.17. The zero-order valence-corrected chi connectivity index (χ0v) is 18.5. The summed E-state index contributed by atoms with van der Waals surface area (Å²) >= 11 is 0. The quantitative estimate of drug-likeness (QED) is 0.385. The Bertz CT molecular complexity index is 1160. The van der Waals surface area contributed by atoms with E-state index in [1.165, 1.54) is 27.4 Å². The normalized spacial score (nSPS) is 11.9. The monoisotopic (exact) mass is 404 g/mol. The number of aromatic amines is 1. The molecule has 0 saturated heterocycles. The number of ether oxygens (including phenoxy) is 1. The maximum atomic E-state index is 5.44. The van der Waals surface area contributed by atoms with E-state index in [0.717, 1.165) is 61.3 Å². The zero-order chi connectivity index (χ0) is 21.1. The summed E-state index contributed by atoms with van der Waals surface area (Å²) in [5.41, 5.74) is 4.55. The third-order valence-electron chi connectivity index (χ3n) is 6.18. The van der Waals surface area contributed by atoms with Crippen LogP contribution in [0.15, 0.2) is 36.5 Å². The van der Waals surface area contributed by atoms with Crippen molar-refractivity contribution in [2.45, 2.75) is 33.7 Å². The summed E-state index contributed by atoms with van der Waals surface area (Å²) in [6, 6.07) is 10.6. The highest BCUT2D eigenvalue weighted by Crippen LogP contribution is 2.35. The van der Waals surface area contributed by atoms with Crippen LogP contribution in [0.4, 0.5) is 0 Å². The maximum Gasteiger partial charge on any atom is 0.119 e. The minimum Gasteiger partial charge on any atom is -0.497 e. The SMILES string of the molecule is CCN(CC)CCCNCc1[nH]ccc2c(C)c3nc4ccc(OC)cc4c3cc12. The molecule has 4 aromatic rings. The van der Waals surface area contributed by atoms with E-state index in [2.05, 4.69) is 54.2 Å². The minimum atomic E-state index is 0.829. The molecule has 2 N–H and O–H groups in total. The Morgan fingerprint density at radius 3 is 2.63 bits per heavy atom. The van der Waals surface area contributed by atoms with Crippen LogP contribution in [0.1, 0.15) is 31.5 Å². The van der Waals surface area contributed by atoms with Gasteiger partial charge in [-0.3, -0.25) is 0 Å². The van der Waals surface area contributed by atoms with E-state index in [0.29, 0.717) is 0 Å². The molecular formula is C25H32N4O. The number of nitrogens with zero attached hydrogens (tertiary/aromatic N) is 2. The number of benzene rings is 2. The van der Waals surface area contributed by atoms with Gasteiger partial charge in [-0.2, -0.15) is 0 Å². The lowest BCUT2D eigenvalue weighted by molar-refractivity contribution is 0.298. The fourth-order valence-electron chi connectivity index (χ4n) is 4.34. The Balaban J connectivity index is 1.64. The van der Waals surface area contributed by atoms with Crippen LogP contribution in [0.2, 0.25) is 0 Å². The second kappa shape index (κ2) is 9.02. The van der Waals surface area contributed by atoms with Crippen molar-refractivity contribution >= 4 is 32.6 Å². The van der Waals surface area contributed by atoms with Gasteiger partial charge >= 0.3 is 0 Å². The molecule has 0 aliphatic heterocycles. The summed E-state index contributed by atoms with van der Waals surface area (Å²) in [4.78, 5) is 10.8. The van der Waals surface area contributed by atoms with Crippen molar-refractivity contribution in [3.8, 4) is 5.75 Å². The topological polar surface area (TPSA) is 53.2 Å². The smallest absolute Gasteiger partial charge is 0.119 e. The van der Waals surface area contributed by atoms with Crippen LogP contribution in [0.5, 0.6) is 5.75 Å². The highest BCUT2D eigenvalue weighted by molar-refractivity contribution is 6.14. The first kappa shape index (κ1) is 20.6. The van der Waals surface area contributed by atoms with Crippen LogP contribution < -0.4 is 10.1 Å². The molecule has 2 aromatic carbocycles. The van der Waals surface area contributed by atoms with Crippen LogP contribution in [0, 0.1) is 6.92 Å². The molecular weight excluding hydrogens is 372 g/mol. The average Bonchev–Trinajstić information content (AvgIpc) is 3.15. The van der Waals surface area contributed by atoms with E-state index in [-0.39, 0.29) is 0 Å². The van der Waals surface area contributed by atoms with Crippen molar-refractivity contribution < 1.29 is 4.74 Å². The summed E-state index contributed by atoms with van der Waals surface area (Å²) in [6.45, 7) is 11.9. The number of methoxy groups -OCH3 is 1. The standard InChI is InChI=1S/C25H32N4O/c1-5-29(6-2)13-7-11-26-16-24-21-15-22-20-14-18(30-4)8-9-23(20)28-25(22)17(3)19(21)10-12-27-24/h8-10,12,14-15,26-27H,5-7,11,13,16H2,1-4H3. The summed E-state index contributed by atoms with van der Waals surface area (Å²) < 4.78 is 5.44. The predicted octanol–water partition coefficient (Wildman–Crippen LogP) is 5.01. The molecule has 158 valence electrons. The molecule has 2 heterocycles. The predicted molar refractivity (Wildman–Crippen MR) is 127 cm³/mol. The molecule has 2 aromatic heterocycles. The first-order valence-corrected chi connectivity index (χ1v) is 11.0. The molecule has 0 spiro atoms. The van der Waals surface area contributed by atoms with Crippen molar-refractivity contribution in [3.05, 3.63) is 47.8 Å². The summed E-state index contributed by atoms with van der Waals surface area (Å²) in [6.07, 6.45) is 3.20. The fourth-order valence-corrected chi connectivity index (χ4v) is 4.34. The Morgan fingerprint density at radius 2 is 1.87 bits per heavy atom. The van der Waals surface area contributed by atoms with Gasteiger partial charge in [0.05, 0.1) is 18.1 Å². The molecule has 0 unspecified atom stereocenters. The van der Waals surface area contributed by atoms with Crippen LogP contribution in [0.25, 0.3) is 32.6 Å². The number of pyridine rings is 1. The van der Waals surface area contributed by atoms with Crippen molar-refractivity contribution in [1.82, 2.24) is 20.2 Å². The van der Waals surface area contributed by atoms with E-state index < -0.39 is 0 Å². The van der Waals surface area contributed by atoms with Gasteiger partial charge in [0.1, 0.15) is 5.75 Å². The summed E-state index contributed by atoms with van der Waals surface area (Å²) in [5, 5.41) is 8.48. The Hall–Kier alpha value is -2.63. The maximum absolute atomic E-state index is 5.44. The van der Waals surface area contributed by atoms with E-state index in [9.17, 15) is 0 Å².